The lowest BCUT2D eigenvalue weighted by molar-refractivity contribution is 0.0376. The zero-order chi connectivity index (χ0) is 18.7. The lowest BCUT2D eigenvalue weighted by Gasteiger charge is -2.07. The van der Waals surface area contributed by atoms with E-state index < -0.39 is 58.0 Å². The molecule has 0 saturated carbocycles. The first-order chi connectivity index (χ1) is 11.7. The number of hydrogen-bond acceptors (Lipinski definition) is 7. The van der Waals surface area contributed by atoms with Crippen LogP contribution in [0.25, 0.3) is 0 Å². The molecule has 0 aromatic carbocycles. The number of esters is 2. The summed E-state index contributed by atoms with van der Waals surface area (Å²) in [6, 6.07) is 1.33. The number of aromatic carboxylic acids is 2. The van der Waals surface area contributed by atoms with Crippen LogP contribution < -0.4 is 0 Å². The maximum atomic E-state index is 13.5. The number of halogens is 2. The first-order valence-electron chi connectivity index (χ1n) is 6.26. The van der Waals surface area contributed by atoms with E-state index in [2.05, 4.69) is 14.7 Å². The standard InChI is InChI=1S/C14H6F2N2O7/c15-5-1-3-17-9(7(5)11(19)20)13(23)25-14(24)10-8(12(21)22)6(16)2-4-18-10/h1-4H,(H,19,20)(H,21,22). The third-order valence-corrected chi connectivity index (χ3v) is 2.80. The number of hydrogen-bond donors (Lipinski definition) is 2. The van der Waals surface area contributed by atoms with Crippen LogP contribution in [0.15, 0.2) is 24.5 Å². The van der Waals surface area contributed by atoms with Crippen molar-refractivity contribution in [1.29, 1.82) is 0 Å². The molecule has 0 bridgehead atoms. The largest absolute Gasteiger partial charge is 0.478 e. The van der Waals surface area contributed by atoms with Crippen LogP contribution in [0.3, 0.4) is 0 Å². The number of aromatic nitrogens is 2. The number of ether oxygens (including phenoxy) is 1. The highest BCUT2D eigenvalue weighted by Crippen LogP contribution is 2.16. The smallest absolute Gasteiger partial charge is 0.365 e. The topological polar surface area (TPSA) is 144 Å². The summed E-state index contributed by atoms with van der Waals surface area (Å²) in [5, 5.41) is 17.8. The van der Waals surface area contributed by atoms with Gasteiger partial charge in [0.15, 0.2) is 11.4 Å². The predicted molar refractivity (Wildman–Crippen MR) is 72.1 cm³/mol. The molecule has 2 N–H and O–H groups in total. The Morgan fingerprint density at radius 3 is 1.48 bits per heavy atom. The molecule has 9 nitrogen and oxygen atoms in total. The minimum Gasteiger partial charge on any atom is -0.478 e. The van der Waals surface area contributed by atoms with Gasteiger partial charge in [-0.05, 0) is 12.1 Å². The third-order valence-electron chi connectivity index (χ3n) is 2.80. The molecule has 2 rings (SSSR count). The van der Waals surface area contributed by atoms with Crippen molar-refractivity contribution in [2.45, 2.75) is 0 Å². The van der Waals surface area contributed by atoms with Crippen molar-refractivity contribution in [3.05, 3.63) is 58.7 Å². The highest BCUT2D eigenvalue weighted by molar-refractivity contribution is 6.09. The second-order valence-electron chi connectivity index (χ2n) is 4.32. The molecule has 2 aromatic rings. The summed E-state index contributed by atoms with van der Waals surface area (Å²) < 4.78 is 31.2. The van der Waals surface area contributed by atoms with Crippen molar-refractivity contribution in [3.8, 4) is 0 Å². The summed E-state index contributed by atoms with van der Waals surface area (Å²) in [4.78, 5) is 52.3. The fourth-order valence-electron chi connectivity index (χ4n) is 1.77. The summed E-state index contributed by atoms with van der Waals surface area (Å²) in [6.45, 7) is 0. The highest BCUT2D eigenvalue weighted by atomic mass is 19.1. The molecule has 0 aliphatic heterocycles. The van der Waals surface area contributed by atoms with Crippen LogP contribution in [0, 0.1) is 11.6 Å². The number of carboxylic acid groups (broad SMARTS) is 2. The number of carbonyl (C=O) groups is 4. The Morgan fingerprint density at radius 1 is 0.800 bits per heavy atom. The molecule has 0 atom stereocenters. The molecular formula is C14H6F2N2O7. The third kappa shape index (κ3) is 3.44. The average molecular weight is 352 g/mol. The summed E-state index contributed by atoms with van der Waals surface area (Å²) in [6.07, 6.45) is 1.51. The summed E-state index contributed by atoms with van der Waals surface area (Å²) >= 11 is 0. The Labute approximate surface area is 136 Å². The number of rotatable bonds is 4. The summed E-state index contributed by atoms with van der Waals surface area (Å²) in [5.41, 5.74) is -4.36. The van der Waals surface area contributed by atoms with E-state index in [-0.39, 0.29) is 0 Å². The van der Waals surface area contributed by atoms with Gasteiger partial charge in [0, 0.05) is 12.4 Å². The molecule has 11 heteroatoms. The van der Waals surface area contributed by atoms with Crippen molar-refractivity contribution in [2.24, 2.45) is 0 Å². The average Bonchev–Trinajstić information content (AvgIpc) is 2.53. The minimum atomic E-state index is -1.85. The predicted octanol–water partition coefficient (Wildman–Crippen LogP) is 1.15. The van der Waals surface area contributed by atoms with Gasteiger partial charge in [-0.25, -0.2) is 37.9 Å². The van der Waals surface area contributed by atoms with Gasteiger partial charge in [0.2, 0.25) is 0 Å². The van der Waals surface area contributed by atoms with E-state index in [9.17, 15) is 28.0 Å². The lowest BCUT2D eigenvalue weighted by atomic mass is 10.1. The zero-order valence-corrected chi connectivity index (χ0v) is 11.9. The minimum absolute atomic E-state index is 0.665. The molecule has 0 unspecified atom stereocenters. The van der Waals surface area contributed by atoms with Crippen molar-refractivity contribution < 1.29 is 42.9 Å². The Balaban J connectivity index is 2.39. The number of carboxylic acids is 2. The second kappa shape index (κ2) is 6.78. The number of pyridine rings is 2. The van der Waals surface area contributed by atoms with Gasteiger partial charge in [-0.2, -0.15) is 0 Å². The maximum Gasteiger partial charge on any atom is 0.365 e. The first kappa shape index (κ1) is 17.6. The fraction of sp³-hybridized carbons (Fsp3) is 0. The quantitative estimate of drug-likeness (QED) is 0.611. The lowest BCUT2D eigenvalue weighted by Crippen LogP contribution is -2.21. The van der Waals surface area contributed by atoms with E-state index in [1.807, 2.05) is 0 Å². The Morgan fingerprint density at radius 2 is 1.16 bits per heavy atom. The molecule has 128 valence electrons. The summed E-state index contributed by atoms with van der Waals surface area (Å²) in [7, 11) is 0. The van der Waals surface area contributed by atoms with Crippen molar-refractivity contribution in [2.75, 3.05) is 0 Å². The molecule has 0 spiro atoms. The van der Waals surface area contributed by atoms with Crippen molar-refractivity contribution in [3.63, 3.8) is 0 Å². The first-order valence-corrected chi connectivity index (χ1v) is 6.26. The molecule has 2 heterocycles. The van der Waals surface area contributed by atoms with Gasteiger partial charge in [-0.15, -0.1) is 0 Å². The van der Waals surface area contributed by atoms with Crippen LogP contribution >= 0.6 is 0 Å². The molecular weight excluding hydrogens is 346 g/mol. The van der Waals surface area contributed by atoms with Crippen LogP contribution in [-0.4, -0.2) is 44.1 Å². The van der Waals surface area contributed by atoms with Crippen molar-refractivity contribution in [1.82, 2.24) is 9.97 Å². The van der Waals surface area contributed by atoms with Gasteiger partial charge in [-0.1, -0.05) is 0 Å². The van der Waals surface area contributed by atoms with Gasteiger partial charge in [0.05, 0.1) is 0 Å². The Hall–Kier alpha value is -3.76. The zero-order valence-electron chi connectivity index (χ0n) is 11.9. The molecule has 0 radical (unpaired) electrons. The number of carbonyl (C=O) groups excluding carboxylic acids is 2. The van der Waals surface area contributed by atoms with Crippen LogP contribution in [0.1, 0.15) is 41.7 Å². The van der Waals surface area contributed by atoms with Gasteiger partial charge < -0.3 is 14.9 Å². The second-order valence-corrected chi connectivity index (χ2v) is 4.32. The molecule has 0 fully saturated rings. The molecule has 0 aliphatic rings. The van der Waals surface area contributed by atoms with E-state index in [1.165, 1.54) is 0 Å². The van der Waals surface area contributed by atoms with Gasteiger partial charge in [0.1, 0.15) is 22.8 Å². The fourth-order valence-corrected chi connectivity index (χ4v) is 1.77. The van der Waals surface area contributed by atoms with E-state index in [1.54, 1.807) is 0 Å². The highest BCUT2D eigenvalue weighted by Gasteiger charge is 2.29. The number of nitrogens with zero attached hydrogens (tertiary/aromatic N) is 2. The molecule has 0 amide bonds. The van der Waals surface area contributed by atoms with E-state index in [0.717, 1.165) is 12.4 Å². The van der Waals surface area contributed by atoms with Crippen LogP contribution in [0.2, 0.25) is 0 Å². The van der Waals surface area contributed by atoms with E-state index in [0.29, 0.717) is 12.1 Å². The molecule has 0 saturated heterocycles. The van der Waals surface area contributed by atoms with Gasteiger partial charge in [0.25, 0.3) is 0 Å². The van der Waals surface area contributed by atoms with Crippen molar-refractivity contribution >= 4 is 23.9 Å². The van der Waals surface area contributed by atoms with E-state index >= 15 is 0 Å². The Bertz CT molecular complexity index is 841. The Kier molecular flexibility index (Phi) is 4.77. The normalized spacial score (nSPS) is 10.2. The van der Waals surface area contributed by atoms with E-state index in [4.69, 9.17) is 10.2 Å². The molecule has 0 aliphatic carbocycles. The molecule has 25 heavy (non-hydrogen) atoms. The van der Waals surface area contributed by atoms with Gasteiger partial charge in [-0.3, -0.25) is 0 Å². The molecule has 2 aromatic heterocycles. The SMILES string of the molecule is O=C(OC(=O)c1nccc(F)c1C(=O)O)c1nccc(F)c1C(=O)O. The van der Waals surface area contributed by atoms with Gasteiger partial charge >= 0.3 is 23.9 Å². The van der Waals surface area contributed by atoms with Crippen LogP contribution in [0.4, 0.5) is 8.78 Å². The van der Waals surface area contributed by atoms with Crippen LogP contribution in [0.5, 0.6) is 0 Å². The monoisotopic (exact) mass is 352 g/mol. The maximum absolute atomic E-state index is 13.5. The van der Waals surface area contributed by atoms with Crippen LogP contribution in [-0.2, 0) is 4.74 Å². The summed E-state index contributed by atoms with van der Waals surface area (Å²) in [5.74, 6) is -9.66.